The van der Waals surface area contributed by atoms with Gasteiger partial charge in [-0.1, -0.05) is 12.1 Å². The minimum Gasteiger partial charge on any atom is -0.355 e. The topological polar surface area (TPSA) is 68.4 Å². The fraction of sp³-hybridized carbons (Fsp3) is 0.632. The molecular weight excluding hydrogens is 314 g/mol. The molecule has 0 unspecified atom stereocenters. The Labute approximate surface area is 151 Å². The van der Waals surface area contributed by atoms with Gasteiger partial charge in [0.1, 0.15) is 0 Å². The van der Waals surface area contributed by atoms with Gasteiger partial charge in [0, 0.05) is 45.3 Å². The van der Waals surface area contributed by atoms with E-state index in [2.05, 4.69) is 38.3 Å². The van der Waals surface area contributed by atoms with Crippen molar-refractivity contribution in [2.75, 3.05) is 59.4 Å². The zero-order valence-electron chi connectivity index (χ0n) is 15.4. The minimum absolute atomic E-state index is 0.0328. The Morgan fingerprint density at radius 2 is 1.56 bits per heavy atom. The van der Waals surface area contributed by atoms with Crippen molar-refractivity contribution in [3.63, 3.8) is 0 Å². The van der Waals surface area contributed by atoms with Crippen molar-refractivity contribution >= 4 is 5.91 Å². The van der Waals surface area contributed by atoms with Crippen molar-refractivity contribution in [1.29, 1.82) is 0 Å². The fourth-order valence-corrected chi connectivity index (χ4v) is 2.99. The van der Waals surface area contributed by atoms with Crippen LogP contribution in [0.2, 0.25) is 0 Å². The van der Waals surface area contributed by atoms with Crippen LogP contribution in [-0.4, -0.2) is 70.2 Å². The first-order valence-electron chi connectivity index (χ1n) is 9.45. The van der Waals surface area contributed by atoms with Gasteiger partial charge in [-0.25, -0.2) is 0 Å². The molecule has 1 heterocycles. The maximum Gasteiger partial charge on any atom is 0.251 e. The summed E-state index contributed by atoms with van der Waals surface area (Å²) in [5, 5.41) is 13.2. The van der Waals surface area contributed by atoms with Gasteiger partial charge in [0.2, 0.25) is 0 Å². The average Bonchev–Trinajstić information content (AvgIpc) is 2.64. The molecule has 0 aromatic heterocycles. The third kappa shape index (κ3) is 7.96. The molecule has 1 fully saturated rings. The van der Waals surface area contributed by atoms with Gasteiger partial charge >= 0.3 is 0 Å². The van der Waals surface area contributed by atoms with E-state index in [0.29, 0.717) is 5.56 Å². The molecule has 140 valence electrons. The lowest BCUT2D eigenvalue weighted by Gasteiger charge is -2.23. The van der Waals surface area contributed by atoms with Crippen molar-refractivity contribution in [1.82, 2.24) is 26.2 Å². The van der Waals surface area contributed by atoms with Gasteiger partial charge in [0.25, 0.3) is 5.91 Å². The van der Waals surface area contributed by atoms with Crippen molar-refractivity contribution in [3.05, 3.63) is 35.4 Å². The van der Waals surface area contributed by atoms with E-state index in [4.69, 9.17) is 0 Å². The molecule has 0 bridgehead atoms. The molecule has 1 aliphatic rings. The lowest BCUT2D eigenvalue weighted by molar-refractivity contribution is 0.0963. The van der Waals surface area contributed by atoms with E-state index in [1.165, 1.54) is 12.0 Å². The van der Waals surface area contributed by atoms with E-state index in [1.807, 2.05) is 12.1 Å². The second kappa shape index (κ2) is 12.0. The first kappa shape index (κ1) is 19.8. The van der Waals surface area contributed by atoms with E-state index >= 15 is 0 Å². The van der Waals surface area contributed by atoms with Crippen molar-refractivity contribution < 1.29 is 4.79 Å². The SMILES string of the molecule is CNC(=O)c1ccc(CN2CCCNCCNCCCNCC2)cc1. The van der Waals surface area contributed by atoms with Crippen LogP contribution in [0.3, 0.4) is 0 Å². The van der Waals surface area contributed by atoms with E-state index < -0.39 is 0 Å². The molecule has 0 atom stereocenters. The number of hydrogen-bond donors (Lipinski definition) is 4. The summed E-state index contributed by atoms with van der Waals surface area (Å²) < 4.78 is 0. The maximum atomic E-state index is 11.6. The van der Waals surface area contributed by atoms with Crippen LogP contribution in [0.1, 0.15) is 28.8 Å². The van der Waals surface area contributed by atoms with Crippen LogP contribution in [0, 0.1) is 0 Å². The molecule has 6 nitrogen and oxygen atoms in total. The predicted molar refractivity (Wildman–Crippen MR) is 103 cm³/mol. The summed E-state index contributed by atoms with van der Waals surface area (Å²) in [6, 6.07) is 7.94. The van der Waals surface area contributed by atoms with Crippen LogP contribution in [0.25, 0.3) is 0 Å². The first-order chi connectivity index (χ1) is 12.3. The Morgan fingerprint density at radius 1 is 0.920 bits per heavy atom. The van der Waals surface area contributed by atoms with E-state index in [-0.39, 0.29) is 5.91 Å². The lowest BCUT2D eigenvalue weighted by Crippen LogP contribution is -2.36. The molecule has 6 heteroatoms. The van der Waals surface area contributed by atoms with Crippen LogP contribution in [0.5, 0.6) is 0 Å². The van der Waals surface area contributed by atoms with E-state index in [0.717, 1.165) is 65.3 Å². The summed E-state index contributed by atoms with van der Waals surface area (Å²) in [6.07, 6.45) is 2.32. The van der Waals surface area contributed by atoms with Gasteiger partial charge in [-0.3, -0.25) is 9.69 Å². The Hall–Kier alpha value is -1.47. The number of nitrogens with zero attached hydrogens (tertiary/aromatic N) is 1. The van der Waals surface area contributed by atoms with Crippen LogP contribution in [0.15, 0.2) is 24.3 Å². The Kier molecular flexibility index (Phi) is 9.51. The van der Waals surface area contributed by atoms with Crippen LogP contribution < -0.4 is 21.3 Å². The summed E-state index contributed by atoms with van der Waals surface area (Å²) in [7, 11) is 1.66. The molecule has 1 saturated heterocycles. The normalized spacial score (nSPS) is 19.1. The molecule has 2 rings (SSSR count). The van der Waals surface area contributed by atoms with Crippen LogP contribution >= 0.6 is 0 Å². The highest BCUT2D eigenvalue weighted by atomic mass is 16.1. The summed E-state index contributed by atoms with van der Waals surface area (Å²) in [5.74, 6) is -0.0328. The van der Waals surface area contributed by atoms with Crippen molar-refractivity contribution in [3.8, 4) is 0 Å². The number of amides is 1. The van der Waals surface area contributed by atoms with E-state index in [1.54, 1.807) is 7.05 Å². The first-order valence-corrected chi connectivity index (χ1v) is 9.45. The molecule has 0 radical (unpaired) electrons. The van der Waals surface area contributed by atoms with Gasteiger partial charge in [-0.2, -0.15) is 0 Å². The largest absolute Gasteiger partial charge is 0.355 e. The highest BCUT2D eigenvalue weighted by molar-refractivity contribution is 5.93. The fourth-order valence-electron chi connectivity index (χ4n) is 2.99. The summed E-state index contributed by atoms with van der Waals surface area (Å²) in [6.45, 7) is 9.35. The predicted octanol–water partition coefficient (Wildman–Crippen LogP) is 0.411. The molecule has 1 aliphatic heterocycles. The third-order valence-corrected chi connectivity index (χ3v) is 4.47. The number of rotatable bonds is 3. The monoisotopic (exact) mass is 347 g/mol. The zero-order valence-corrected chi connectivity index (χ0v) is 15.4. The van der Waals surface area contributed by atoms with Gasteiger partial charge in [-0.15, -0.1) is 0 Å². The van der Waals surface area contributed by atoms with Crippen molar-refractivity contribution in [2.24, 2.45) is 0 Å². The average molecular weight is 348 g/mol. The molecule has 1 amide bonds. The van der Waals surface area contributed by atoms with Crippen LogP contribution in [0.4, 0.5) is 0 Å². The van der Waals surface area contributed by atoms with Gasteiger partial charge in [0.15, 0.2) is 0 Å². The second-order valence-electron chi connectivity index (χ2n) is 6.51. The molecule has 0 saturated carbocycles. The quantitative estimate of drug-likeness (QED) is 0.638. The zero-order chi connectivity index (χ0) is 17.7. The Bertz CT molecular complexity index is 477. The molecule has 1 aromatic carbocycles. The molecule has 0 spiro atoms. The number of hydrogen-bond acceptors (Lipinski definition) is 5. The van der Waals surface area contributed by atoms with Gasteiger partial charge in [-0.05, 0) is 56.7 Å². The summed E-state index contributed by atoms with van der Waals surface area (Å²) >= 11 is 0. The minimum atomic E-state index is -0.0328. The number of carbonyl (C=O) groups excluding carboxylic acids is 1. The lowest BCUT2D eigenvalue weighted by atomic mass is 10.1. The second-order valence-corrected chi connectivity index (χ2v) is 6.51. The number of nitrogens with one attached hydrogen (secondary N) is 4. The molecule has 25 heavy (non-hydrogen) atoms. The molecule has 0 aliphatic carbocycles. The Balaban J connectivity index is 1.85. The number of benzene rings is 1. The van der Waals surface area contributed by atoms with E-state index in [9.17, 15) is 4.79 Å². The smallest absolute Gasteiger partial charge is 0.251 e. The molecular formula is C19H33N5O. The maximum absolute atomic E-state index is 11.6. The van der Waals surface area contributed by atoms with Crippen LogP contribution in [-0.2, 0) is 6.54 Å². The number of carbonyl (C=O) groups is 1. The van der Waals surface area contributed by atoms with Crippen molar-refractivity contribution in [2.45, 2.75) is 19.4 Å². The summed E-state index contributed by atoms with van der Waals surface area (Å²) in [4.78, 5) is 14.1. The third-order valence-electron chi connectivity index (χ3n) is 4.47. The van der Waals surface area contributed by atoms with Gasteiger partial charge in [0.05, 0.1) is 0 Å². The Morgan fingerprint density at radius 3 is 2.24 bits per heavy atom. The summed E-state index contributed by atoms with van der Waals surface area (Å²) in [5.41, 5.74) is 1.97. The van der Waals surface area contributed by atoms with Gasteiger partial charge < -0.3 is 21.3 Å². The molecule has 1 aromatic rings. The molecule has 4 N–H and O–H groups in total. The highest BCUT2D eigenvalue weighted by Crippen LogP contribution is 2.08. The highest BCUT2D eigenvalue weighted by Gasteiger charge is 2.08. The standard InChI is InChI=1S/C19H33N5O/c1-20-19(25)18-6-4-17(5-7-18)16-24-14-3-10-22-12-11-21-8-2-9-23-13-15-24/h4-7,21-23H,2-3,8-16H2,1H3,(H,20,25).